The van der Waals surface area contributed by atoms with E-state index in [1.165, 1.54) is 6.20 Å². The summed E-state index contributed by atoms with van der Waals surface area (Å²) in [6.07, 6.45) is 2.78. The Kier molecular flexibility index (Phi) is 3.87. The third-order valence-corrected chi connectivity index (χ3v) is 3.84. The van der Waals surface area contributed by atoms with E-state index in [4.69, 9.17) is 9.47 Å². The van der Waals surface area contributed by atoms with Crippen LogP contribution in [0.5, 0.6) is 5.75 Å². The summed E-state index contributed by atoms with van der Waals surface area (Å²) in [5.74, 6) is 0.447. The molecular weight excluding hydrogens is 298 g/mol. The van der Waals surface area contributed by atoms with E-state index >= 15 is 0 Å². The Labute approximate surface area is 135 Å². The highest BCUT2D eigenvalue weighted by molar-refractivity contribution is 5.97. The van der Waals surface area contributed by atoms with Crippen LogP contribution < -0.4 is 4.74 Å². The summed E-state index contributed by atoms with van der Waals surface area (Å²) in [6, 6.07) is 1.51. The Morgan fingerprint density at radius 2 is 2.17 bits per heavy atom. The molecule has 0 radical (unpaired) electrons. The van der Waals surface area contributed by atoms with E-state index < -0.39 is 5.60 Å². The lowest BCUT2D eigenvalue weighted by atomic mass is 10.1. The number of fused-ring (bicyclic) bond motifs is 2. The lowest BCUT2D eigenvalue weighted by Gasteiger charge is -2.40. The monoisotopic (exact) mass is 319 g/mol. The molecule has 23 heavy (non-hydrogen) atoms. The summed E-state index contributed by atoms with van der Waals surface area (Å²) in [6.45, 7) is 7.17. The van der Waals surface area contributed by atoms with Gasteiger partial charge in [0.25, 0.3) is 5.91 Å². The fourth-order valence-corrected chi connectivity index (χ4v) is 2.77. The summed E-state index contributed by atoms with van der Waals surface area (Å²) >= 11 is 0. The molecule has 3 heterocycles. The molecule has 0 saturated carbocycles. The van der Waals surface area contributed by atoms with Crippen LogP contribution in [0.3, 0.4) is 0 Å². The van der Waals surface area contributed by atoms with Gasteiger partial charge in [-0.1, -0.05) is 0 Å². The Balaban J connectivity index is 1.74. The second kappa shape index (κ2) is 5.72. The maximum Gasteiger partial charge on any atom is 0.410 e. The smallest absolute Gasteiger partial charge is 0.410 e. The standard InChI is InChI=1S/C16H21N3O4/c1-16(2,3)23-15(21)18-6-7-19-11(9-18)10-22-13-4-5-17-8-12(13)14(19)20/h4-5,8,11H,6-7,9-10H2,1-3H3. The van der Waals surface area contributed by atoms with Gasteiger partial charge in [0.1, 0.15) is 18.0 Å². The largest absolute Gasteiger partial charge is 0.490 e. The van der Waals surface area contributed by atoms with Crippen molar-refractivity contribution in [2.24, 2.45) is 0 Å². The number of pyridine rings is 1. The first kappa shape index (κ1) is 15.6. The number of aromatic nitrogens is 1. The van der Waals surface area contributed by atoms with Crippen molar-refractivity contribution in [1.82, 2.24) is 14.8 Å². The summed E-state index contributed by atoms with van der Waals surface area (Å²) < 4.78 is 11.1. The van der Waals surface area contributed by atoms with Gasteiger partial charge in [0.2, 0.25) is 0 Å². The molecule has 1 aromatic heterocycles. The molecule has 2 aliphatic heterocycles. The topological polar surface area (TPSA) is 72.0 Å². The third kappa shape index (κ3) is 3.23. The Hall–Kier alpha value is -2.31. The number of hydrogen-bond donors (Lipinski definition) is 0. The molecule has 7 heteroatoms. The van der Waals surface area contributed by atoms with Crippen molar-refractivity contribution in [3.05, 3.63) is 24.0 Å². The van der Waals surface area contributed by atoms with Gasteiger partial charge in [-0.05, 0) is 26.8 Å². The minimum absolute atomic E-state index is 0.0977. The fraction of sp³-hybridized carbons (Fsp3) is 0.562. The van der Waals surface area contributed by atoms with Crippen molar-refractivity contribution < 1.29 is 19.1 Å². The first-order chi connectivity index (χ1) is 10.8. The second-order valence-corrected chi connectivity index (χ2v) is 6.76. The van der Waals surface area contributed by atoms with Crippen LogP contribution in [0.15, 0.2) is 18.5 Å². The van der Waals surface area contributed by atoms with Gasteiger partial charge in [-0.25, -0.2) is 4.79 Å². The first-order valence-electron chi connectivity index (χ1n) is 7.71. The van der Waals surface area contributed by atoms with Gasteiger partial charge in [-0.2, -0.15) is 0 Å². The number of carbonyl (C=O) groups is 2. The molecule has 0 N–H and O–H groups in total. The predicted molar refractivity (Wildman–Crippen MR) is 82.4 cm³/mol. The van der Waals surface area contributed by atoms with E-state index in [0.29, 0.717) is 37.6 Å². The molecule has 1 unspecified atom stereocenters. The molecule has 1 aromatic rings. The lowest BCUT2D eigenvalue weighted by molar-refractivity contribution is 0.000950. The molecule has 7 nitrogen and oxygen atoms in total. The Bertz CT molecular complexity index is 626. The number of hydrogen-bond acceptors (Lipinski definition) is 5. The molecule has 0 spiro atoms. The van der Waals surface area contributed by atoms with Gasteiger partial charge in [0.15, 0.2) is 0 Å². The number of rotatable bonds is 0. The van der Waals surface area contributed by atoms with Crippen molar-refractivity contribution in [2.75, 3.05) is 26.2 Å². The molecule has 1 saturated heterocycles. The predicted octanol–water partition coefficient (Wildman–Crippen LogP) is 1.54. The summed E-state index contributed by atoms with van der Waals surface area (Å²) in [5, 5.41) is 0. The molecule has 2 amide bonds. The van der Waals surface area contributed by atoms with Crippen LogP contribution in [0.4, 0.5) is 4.79 Å². The van der Waals surface area contributed by atoms with Crippen molar-refractivity contribution in [2.45, 2.75) is 32.4 Å². The highest BCUT2D eigenvalue weighted by Gasteiger charge is 2.37. The van der Waals surface area contributed by atoms with E-state index in [1.54, 1.807) is 22.1 Å². The number of ether oxygens (including phenoxy) is 2. The molecule has 0 aromatic carbocycles. The molecule has 124 valence electrons. The number of piperazine rings is 1. The minimum Gasteiger partial charge on any atom is -0.490 e. The quantitative estimate of drug-likeness (QED) is 0.725. The third-order valence-electron chi connectivity index (χ3n) is 3.84. The molecule has 2 aliphatic rings. The molecular formula is C16H21N3O4. The molecule has 1 fully saturated rings. The number of nitrogens with zero attached hydrogens (tertiary/aromatic N) is 3. The highest BCUT2D eigenvalue weighted by atomic mass is 16.6. The Morgan fingerprint density at radius 1 is 1.39 bits per heavy atom. The minimum atomic E-state index is -0.536. The average Bonchev–Trinajstić information content (AvgIpc) is 2.63. The zero-order chi connectivity index (χ0) is 16.6. The molecule has 3 rings (SSSR count). The van der Waals surface area contributed by atoms with E-state index in [9.17, 15) is 9.59 Å². The van der Waals surface area contributed by atoms with Crippen LogP contribution in [0.2, 0.25) is 0 Å². The van der Waals surface area contributed by atoms with Gasteiger partial charge in [0, 0.05) is 32.0 Å². The van der Waals surface area contributed by atoms with Crippen LogP contribution in [-0.2, 0) is 4.74 Å². The zero-order valence-electron chi connectivity index (χ0n) is 13.6. The summed E-state index contributed by atoms with van der Waals surface area (Å²) in [5.41, 5.74) is -0.0629. The Morgan fingerprint density at radius 3 is 2.91 bits per heavy atom. The van der Waals surface area contributed by atoms with Crippen molar-refractivity contribution in [3.63, 3.8) is 0 Å². The maximum absolute atomic E-state index is 12.6. The average molecular weight is 319 g/mol. The maximum atomic E-state index is 12.6. The highest BCUT2D eigenvalue weighted by Crippen LogP contribution is 2.26. The molecule has 0 bridgehead atoms. The van der Waals surface area contributed by atoms with Crippen molar-refractivity contribution >= 4 is 12.0 Å². The molecule has 1 atom stereocenters. The van der Waals surface area contributed by atoms with Gasteiger partial charge in [0.05, 0.1) is 11.6 Å². The van der Waals surface area contributed by atoms with Gasteiger partial charge in [-0.15, -0.1) is 0 Å². The fourth-order valence-electron chi connectivity index (χ4n) is 2.77. The van der Waals surface area contributed by atoms with Crippen molar-refractivity contribution in [3.8, 4) is 5.75 Å². The van der Waals surface area contributed by atoms with Crippen LogP contribution in [0.25, 0.3) is 0 Å². The van der Waals surface area contributed by atoms with E-state index in [0.717, 1.165) is 0 Å². The van der Waals surface area contributed by atoms with Crippen LogP contribution >= 0.6 is 0 Å². The van der Waals surface area contributed by atoms with E-state index in [2.05, 4.69) is 4.98 Å². The SMILES string of the molecule is CC(C)(C)OC(=O)N1CCN2C(=O)c3cnccc3OCC2C1. The summed E-state index contributed by atoms with van der Waals surface area (Å²) in [7, 11) is 0. The van der Waals surface area contributed by atoms with Crippen molar-refractivity contribution in [1.29, 1.82) is 0 Å². The summed E-state index contributed by atoms with van der Waals surface area (Å²) in [4.78, 5) is 32.3. The zero-order valence-corrected chi connectivity index (χ0v) is 13.6. The first-order valence-corrected chi connectivity index (χ1v) is 7.71. The van der Waals surface area contributed by atoms with Gasteiger partial charge < -0.3 is 19.3 Å². The number of amides is 2. The normalized spacial score (nSPS) is 21.0. The van der Waals surface area contributed by atoms with E-state index in [-0.39, 0.29) is 18.0 Å². The van der Waals surface area contributed by atoms with Crippen LogP contribution in [0.1, 0.15) is 31.1 Å². The second-order valence-electron chi connectivity index (χ2n) is 6.76. The molecule has 0 aliphatic carbocycles. The lowest BCUT2D eigenvalue weighted by Crippen LogP contribution is -2.58. The van der Waals surface area contributed by atoms with Crippen LogP contribution in [0, 0.1) is 0 Å². The van der Waals surface area contributed by atoms with Crippen LogP contribution in [-0.4, -0.2) is 64.7 Å². The van der Waals surface area contributed by atoms with Gasteiger partial charge in [-0.3, -0.25) is 9.78 Å². The van der Waals surface area contributed by atoms with Gasteiger partial charge >= 0.3 is 6.09 Å². The van der Waals surface area contributed by atoms with E-state index in [1.807, 2.05) is 20.8 Å². The number of carbonyl (C=O) groups excluding carboxylic acids is 2.